The van der Waals surface area contributed by atoms with E-state index in [4.69, 9.17) is 0 Å². The van der Waals surface area contributed by atoms with Crippen molar-refractivity contribution in [1.82, 2.24) is 15.3 Å². The van der Waals surface area contributed by atoms with Gasteiger partial charge >= 0.3 is 5.97 Å². The minimum atomic E-state index is -0.832. The highest BCUT2D eigenvalue weighted by Gasteiger charge is 2.34. The van der Waals surface area contributed by atoms with Crippen LogP contribution in [0.5, 0.6) is 0 Å². The minimum Gasteiger partial charge on any atom is -0.480 e. The number of nitrogens with zero attached hydrogens (tertiary/aromatic N) is 1. The highest BCUT2D eigenvalue weighted by Crippen LogP contribution is 2.34. The van der Waals surface area contributed by atoms with Crippen molar-refractivity contribution in [3.05, 3.63) is 65.1 Å². The van der Waals surface area contributed by atoms with Gasteiger partial charge in [-0.2, -0.15) is 0 Å². The van der Waals surface area contributed by atoms with E-state index in [0.29, 0.717) is 6.42 Å². The molecule has 2 unspecified atom stereocenters. The van der Waals surface area contributed by atoms with Crippen LogP contribution in [0.2, 0.25) is 0 Å². The Morgan fingerprint density at radius 1 is 1.29 bits per heavy atom. The first-order valence-electron chi connectivity index (χ1n) is 8.20. The van der Waals surface area contributed by atoms with Crippen molar-refractivity contribution in [1.29, 1.82) is 0 Å². The lowest BCUT2D eigenvalue weighted by molar-refractivity contribution is -0.139. The van der Waals surface area contributed by atoms with Crippen LogP contribution in [0.25, 0.3) is 10.9 Å². The number of aromatic amines is 1. The average Bonchev–Trinajstić information content (AvgIpc) is 2.99. The third-order valence-electron chi connectivity index (χ3n) is 4.76. The number of nitrogens with one attached hydrogen (secondary N) is 2. The Bertz CT molecular complexity index is 899. The largest absolute Gasteiger partial charge is 0.480 e. The number of rotatable bonds is 3. The fraction of sp³-hybridized carbons (Fsp3) is 0.263. The first kappa shape index (κ1) is 14.9. The molecule has 0 aliphatic carbocycles. The highest BCUT2D eigenvalue weighted by molar-refractivity contribution is 5.87. The number of aryl methyl sites for hydroxylation is 1. The molecular formula is C19H19N3O2. The third kappa shape index (κ3) is 2.37. The number of pyridine rings is 1. The van der Waals surface area contributed by atoms with Gasteiger partial charge in [-0.1, -0.05) is 31.2 Å². The number of hydrogen-bond donors (Lipinski definition) is 3. The molecule has 1 aliphatic heterocycles. The van der Waals surface area contributed by atoms with Crippen molar-refractivity contribution in [3.8, 4) is 0 Å². The number of aliphatic carboxylic acids is 1. The standard InChI is InChI=1S/C19H19N3O2/c1-2-11-7-8-15(20-10-11)18-17-13(9-16(22-18)19(23)24)12-5-3-4-6-14(12)21-17/h3-8,10,16,18,21-22H,2,9H2,1H3,(H,23,24). The smallest absolute Gasteiger partial charge is 0.321 e. The normalized spacial score (nSPS) is 20.0. The lowest BCUT2D eigenvalue weighted by Gasteiger charge is -2.29. The predicted molar refractivity (Wildman–Crippen MR) is 92.0 cm³/mol. The van der Waals surface area contributed by atoms with Crippen LogP contribution >= 0.6 is 0 Å². The molecule has 122 valence electrons. The summed E-state index contributed by atoms with van der Waals surface area (Å²) in [4.78, 5) is 19.6. The Morgan fingerprint density at radius 3 is 2.83 bits per heavy atom. The molecule has 3 heterocycles. The summed E-state index contributed by atoms with van der Waals surface area (Å²) in [6.07, 6.45) is 3.27. The number of H-pyrrole nitrogens is 1. The Morgan fingerprint density at radius 2 is 2.12 bits per heavy atom. The molecule has 5 nitrogen and oxygen atoms in total. The maximum absolute atomic E-state index is 11.6. The fourth-order valence-corrected chi connectivity index (χ4v) is 3.44. The molecule has 5 heteroatoms. The molecule has 3 N–H and O–H groups in total. The molecule has 0 amide bonds. The van der Waals surface area contributed by atoms with Crippen LogP contribution in [0.3, 0.4) is 0 Å². The Hall–Kier alpha value is -2.66. The maximum atomic E-state index is 11.6. The van der Waals surface area contributed by atoms with Crippen LogP contribution in [0, 0.1) is 0 Å². The van der Waals surface area contributed by atoms with E-state index in [-0.39, 0.29) is 6.04 Å². The van der Waals surface area contributed by atoms with Gasteiger partial charge in [0.25, 0.3) is 0 Å². The molecule has 0 radical (unpaired) electrons. The Kier molecular flexibility index (Phi) is 3.58. The predicted octanol–water partition coefficient (Wildman–Crippen LogP) is 2.81. The molecule has 0 spiro atoms. The first-order valence-corrected chi connectivity index (χ1v) is 8.20. The molecule has 1 aromatic carbocycles. The molecule has 4 rings (SSSR count). The van der Waals surface area contributed by atoms with E-state index in [9.17, 15) is 9.90 Å². The molecule has 3 aromatic rings. The van der Waals surface area contributed by atoms with Gasteiger partial charge in [-0.15, -0.1) is 0 Å². The molecule has 2 aromatic heterocycles. The highest BCUT2D eigenvalue weighted by atomic mass is 16.4. The maximum Gasteiger partial charge on any atom is 0.321 e. The topological polar surface area (TPSA) is 78.0 Å². The monoisotopic (exact) mass is 321 g/mol. The van der Waals surface area contributed by atoms with Crippen molar-refractivity contribution in [2.45, 2.75) is 31.8 Å². The number of fused-ring (bicyclic) bond motifs is 3. The number of carboxylic acid groups (broad SMARTS) is 1. The second-order valence-electron chi connectivity index (χ2n) is 6.20. The summed E-state index contributed by atoms with van der Waals surface area (Å²) in [6, 6.07) is 11.2. The number of benzene rings is 1. The lowest BCUT2D eigenvalue weighted by Crippen LogP contribution is -2.45. The van der Waals surface area contributed by atoms with E-state index in [1.807, 2.05) is 36.5 Å². The van der Waals surface area contributed by atoms with Crippen LogP contribution in [0.1, 0.15) is 35.5 Å². The summed E-state index contributed by atoms with van der Waals surface area (Å²) in [5.74, 6) is -0.832. The zero-order valence-electron chi connectivity index (χ0n) is 13.4. The minimum absolute atomic E-state index is 0.242. The molecule has 1 aliphatic rings. The molecular weight excluding hydrogens is 302 g/mol. The van der Waals surface area contributed by atoms with Gasteiger partial charge in [0, 0.05) is 29.2 Å². The summed E-state index contributed by atoms with van der Waals surface area (Å²) >= 11 is 0. The second kappa shape index (κ2) is 5.76. The van der Waals surface area contributed by atoms with Gasteiger partial charge in [0.15, 0.2) is 0 Å². The quantitative estimate of drug-likeness (QED) is 0.693. The second-order valence-corrected chi connectivity index (χ2v) is 6.20. The van der Waals surface area contributed by atoms with Gasteiger partial charge < -0.3 is 10.1 Å². The third-order valence-corrected chi connectivity index (χ3v) is 4.76. The van der Waals surface area contributed by atoms with Crippen LogP contribution in [-0.2, 0) is 17.6 Å². The number of aromatic nitrogens is 2. The van der Waals surface area contributed by atoms with E-state index in [2.05, 4.69) is 28.3 Å². The molecule has 24 heavy (non-hydrogen) atoms. The number of para-hydroxylation sites is 1. The van der Waals surface area contributed by atoms with E-state index in [1.54, 1.807) is 0 Å². The van der Waals surface area contributed by atoms with Crippen LogP contribution in [0.4, 0.5) is 0 Å². The van der Waals surface area contributed by atoms with E-state index < -0.39 is 12.0 Å². The van der Waals surface area contributed by atoms with Gasteiger partial charge in [-0.25, -0.2) is 0 Å². The average molecular weight is 321 g/mol. The zero-order valence-corrected chi connectivity index (χ0v) is 13.4. The molecule has 0 bridgehead atoms. The molecule has 2 atom stereocenters. The van der Waals surface area contributed by atoms with Gasteiger partial charge in [0.05, 0.1) is 11.7 Å². The van der Waals surface area contributed by atoms with Crippen molar-refractivity contribution >= 4 is 16.9 Å². The van der Waals surface area contributed by atoms with E-state index in [0.717, 1.165) is 34.3 Å². The number of carbonyl (C=O) groups is 1. The van der Waals surface area contributed by atoms with Crippen molar-refractivity contribution in [3.63, 3.8) is 0 Å². The summed E-state index contributed by atoms with van der Waals surface area (Å²) in [5.41, 5.74) is 5.13. The van der Waals surface area contributed by atoms with E-state index in [1.165, 1.54) is 5.56 Å². The van der Waals surface area contributed by atoms with Gasteiger partial charge in [0.1, 0.15) is 6.04 Å². The summed E-state index contributed by atoms with van der Waals surface area (Å²) in [7, 11) is 0. The number of carboxylic acids is 1. The van der Waals surface area contributed by atoms with Crippen LogP contribution < -0.4 is 5.32 Å². The molecule has 0 saturated carbocycles. The van der Waals surface area contributed by atoms with E-state index >= 15 is 0 Å². The van der Waals surface area contributed by atoms with Crippen LogP contribution in [0.15, 0.2) is 42.6 Å². The Labute approximate surface area is 139 Å². The summed E-state index contributed by atoms with van der Waals surface area (Å²) in [5, 5.41) is 13.9. The summed E-state index contributed by atoms with van der Waals surface area (Å²) in [6.45, 7) is 2.09. The molecule has 0 fully saturated rings. The fourth-order valence-electron chi connectivity index (χ4n) is 3.44. The summed E-state index contributed by atoms with van der Waals surface area (Å²) < 4.78 is 0. The first-order chi connectivity index (χ1) is 11.7. The van der Waals surface area contributed by atoms with Gasteiger partial charge in [-0.05, 0) is 29.7 Å². The lowest BCUT2D eigenvalue weighted by atomic mass is 9.92. The molecule has 0 saturated heterocycles. The van der Waals surface area contributed by atoms with Crippen molar-refractivity contribution in [2.75, 3.05) is 0 Å². The number of hydrogen-bond acceptors (Lipinski definition) is 3. The van der Waals surface area contributed by atoms with Gasteiger partial charge in [-0.3, -0.25) is 15.1 Å². The van der Waals surface area contributed by atoms with Gasteiger partial charge in [0.2, 0.25) is 0 Å². The van der Waals surface area contributed by atoms with Crippen molar-refractivity contribution in [2.24, 2.45) is 0 Å². The SMILES string of the molecule is CCc1ccc(C2NC(C(=O)O)Cc3c2[nH]c2ccccc32)nc1. The zero-order chi connectivity index (χ0) is 16.7. The Balaban J connectivity index is 1.85. The van der Waals surface area contributed by atoms with Crippen molar-refractivity contribution < 1.29 is 9.90 Å². The van der Waals surface area contributed by atoms with Crippen LogP contribution in [-0.4, -0.2) is 27.1 Å².